The smallest absolute Gasteiger partial charge is 0.0595 e. The lowest BCUT2D eigenvalue weighted by molar-refractivity contribution is 0.307. The summed E-state index contributed by atoms with van der Waals surface area (Å²) < 4.78 is 0. The molecule has 1 saturated carbocycles. The van der Waals surface area contributed by atoms with E-state index in [1.165, 1.54) is 37.7 Å². The average molecular weight is 272 g/mol. The van der Waals surface area contributed by atoms with Gasteiger partial charge in [-0.2, -0.15) is 0 Å². The second-order valence-electron chi connectivity index (χ2n) is 4.91. The minimum absolute atomic E-state index is 0.435. The van der Waals surface area contributed by atoms with Crippen LogP contribution in [0.15, 0.2) is 18.2 Å². The molecule has 3 heteroatoms. The molecule has 1 aromatic rings. The molecular weight excluding hydrogens is 253 g/mol. The van der Waals surface area contributed by atoms with Crippen molar-refractivity contribution in [3.8, 4) is 0 Å². The van der Waals surface area contributed by atoms with E-state index >= 15 is 0 Å². The van der Waals surface area contributed by atoms with Crippen LogP contribution >= 0.6 is 23.2 Å². The molecule has 2 rings (SSSR count). The van der Waals surface area contributed by atoms with Crippen LogP contribution in [0.4, 0.5) is 0 Å². The van der Waals surface area contributed by atoms with E-state index in [2.05, 4.69) is 6.07 Å². The zero-order valence-electron chi connectivity index (χ0n) is 9.96. The minimum Gasteiger partial charge on any atom is -0.330 e. The van der Waals surface area contributed by atoms with Gasteiger partial charge in [0.1, 0.15) is 0 Å². The van der Waals surface area contributed by atoms with Gasteiger partial charge in [-0.3, -0.25) is 0 Å². The van der Waals surface area contributed by atoms with Crippen LogP contribution in [0.3, 0.4) is 0 Å². The zero-order chi connectivity index (χ0) is 12.3. The van der Waals surface area contributed by atoms with Crippen LogP contribution in [-0.4, -0.2) is 6.54 Å². The monoisotopic (exact) mass is 271 g/mol. The SMILES string of the molecule is NCC(c1ccc(Cl)c(Cl)c1)C1CCCCC1. The Labute approximate surface area is 113 Å². The lowest BCUT2D eigenvalue weighted by Crippen LogP contribution is -2.23. The van der Waals surface area contributed by atoms with Crippen LogP contribution < -0.4 is 5.73 Å². The molecule has 0 radical (unpaired) electrons. The first-order valence-electron chi connectivity index (χ1n) is 6.37. The summed E-state index contributed by atoms with van der Waals surface area (Å²) in [7, 11) is 0. The van der Waals surface area contributed by atoms with E-state index in [1.54, 1.807) is 0 Å². The highest BCUT2D eigenvalue weighted by Gasteiger charge is 2.24. The number of benzene rings is 1. The van der Waals surface area contributed by atoms with Gasteiger partial charge in [0.05, 0.1) is 10.0 Å². The third kappa shape index (κ3) is 3.15. The zero-order valence-corrected chi connectivity index (χ0v) is 11.5. The van der Waals surface area contributed by atoms with Gasteiger partial charge >= 0.3 is 0 Å². The topological polar surface area (TPSA) is 26.0 Å². The van der Waals surface area contributed by atoms with Crippen LogP contribution in [-0.2, 0) is 0 Å². The van der Waals surface area contributed by atoms with Gasteiger partial charge in [-0.05, 0) is 48.9 Å². The van der Waals surface area contributed by atoms with Gasteiger partial charge in [-0.15, -0.1) is 0 Å². The van der Waals surface area contributed by atoms with Gasteiger partial charge < -0.3 is 5.73 Å². The van der Waals surface area contributed by atoms with Crippen molar-refractivity contribution in [2.24, 2.45) is 11.7 Å². The maximum absolute atomic E-state index is 6.08. The van der Waals surface area contributed by atoms with Crippen LogP contribution in [0, 0.1) is 5.92 Å². The van der Waals surface area contributed by atoms with E-state index in [0.717, 1.165) is 0 Å². The van der Waals surface area contributed by atoms with Crippen molar-refractivity contribution in [2.75, 3.05) is 6.54 Å². The normalized spacial score (nSPS) is 19.2. The molecule has 0 saturated heterocycles. The van der Waals surface area contributed by atoms with E-state index in [1.807, 2.05) is 12.1 Å². The van der Waals surface area contributed by atoms with Crippen molar-refractivity contribution in [2.45, 2.75) is 38.0 Å². The van der Waals surface area contributed by atoms with Crippen LogP contribution in [0.25, 0.3) is 0 Å². The molecular formula is C14H19Cl2N. The van der Waals surface area contributed by atoms with Gasteiger partial charge in [-0.25, -0.2) is 0 Å². The van der Waals surface area contributed by atoms with Crippen molar-refractivity contribution < 1.29 is 0 Å². The molecule has 1 aromatic carbocycles. The van der Waals surface area contributed by atoms with Crippen LogP contribution in [0.5, 0.6) is 0 Å². The van der Waals surface area contributed by atoms with Gasteiger partial charge in [0.15, 0.2) is 0 Å². The molecule has 1 aliphatic rings. The fourth-order valence-corrected chi connectivity index (χ4v) is 3.19. The Balaban J connectivity index is 2.18. The minimum atomic E-state index is 0.435. The highest BCUT2D eigenvalue weighted by molar-refractivity contribution is 6.42. The van der Waals surface area contributed by atoms with E-state index in [9.17, 15) is 0 Å². The van der Waals surface area contributed by atoms with Gasteiger partial charge in [0.2, 0.25) is 0 Å². The molecule has 1 aliphatic carbocycles. The molecule has 0 bridgehead atoms. The maximum Gasteiger partial charge on any atom is 0.0595 e. The third-order valence-electron chi connectivity index (χ3n) is 3.84. The fourth-order valence-electron chi connectivity index (χ4n) is 2.88. The Morgan fingerprint density at radius 1 is 1.12 bits per heavy atom. The first-order valence-corrected chi connectivity index (χ1v) is 7.13. The molecule has 1 unspecified atom stereocenters. The number of rotatable bonds is 3. The summed E-state index contributed by atoms with van der Waals surface area (Å²) in [6.07, 6.45) is 6.63. The molecule has 0 spiro atoms. The number of nitrogens with two attached hydrogens (primary N) is 1. The molecule has 1 fully saturated rings. The molecule has 2 N–H and O–H groups in total. The largest absolute Gasteiger partial charge is 0.330 e. The highest BCUT2D eigenvalue weighted by atomic mass is 35.5. The van der Waals surface area contributed by atoms with E-state index in [0.29, 0.717) is 28.4 Å². The maximum atomic E-state index is 6.08. The Morgan fingerprint density at radius 3 is 2.41 bits per heavy atom. The Hall–Kier alpha value is -0.240. The summed E-state index contributed by atoms with van der Waals surface area (Å²) in [6, 6.07) is 5.93. The van der Waals surface area contributed by atoms with Gasteiger partial charge in [0.25, 0.3) is 0 Å². The Morgan fingerprint density at radius 2 is 1.82 bits per heavy atom. The van der Waals surface area contributed by atoms with Crippen molar-refractivity contribution in [1.82, 2.24) is 0 Å². The second kappa shape index (κ2) is 6.08. The summed E-state index contributed by atoms with van der Waals surface area (Å²) in [4.78, 5) is 0. The van der Waals surface area contributed by atoms with E-state index < -0.39 is 0 Å². The van der Waals surface area contributed by atoms with Crippen molar-refractivity contribution in [3.63, 3.8) is 0 Å². The van der Waals surface area contributed by atoms with Crippen molar-refractivity contribution >= 4 is 23.2 Å². The molecule has 0 aromatic heterocycles. The highest BCUT2D eigenvalue weighted by Crippen LogP contribution is 2.37. The predicted octanol–water partition coefficient (Wildman–Crippen LogP) is 4.62. The summed E-state index contributed by atoms with van der Waals surface area (Å²) in [6.45, 7) is 0.697. The molecule has 1 atom stereocenters. The van der Waals surface area contributed by atoms with Crippen LogP contribution in [0.2, 0.25) is 10.0 Å². The second-order valence-corrected chi connectivity index (χ2v) is 5.73. The first-order chi connectivity index (χ1) is 8.22. The van der Waals surface area contributed by atoms with Crippen molar-refractivity contribution in [1.29, 1.82) is 0 Å². The molecule has 17 heavy (non-hydrogen) atoms. The fraction of sp³-hybridized carbons (Fsp3) is 0.571. The summed E-state index contributed by atoms with van der Waals surface area (Å²) in [5.74, 6) is 1.15. The lowest BCUT2D eigenvalue weighted by Gasteiger charge is -2.30. The summed E-state index contributed by atoms with van der Waals surface area (Å²) in [5.41, 5.74) is 7.19. The van der Waals surface area contributed by atoms with Crippen molar-refractivity contribution in [3.05, 3.63) is 33.8 Å². The molecule has 0 aliphatic heterocycles. The molecule has 0 amide bonds. The molecule has 1 nitrogen and oxygen atoms in total. The summed E-state index contributed by atoms with van der Waals surface area (Å²) in [5, 5.41) is 1.26. The number of hydrogen-bond acceptors (Lipinski definition) is 1. The predicted molar refractivity (Wildman–Crippen MR) is 74.8 cm³/mol. The van der Waals surface area contributed by atoms with E-state index in [-0.39, 0.29) is 0 Å². The molecule has 94 valence electrons. The van der Waals surface area contributed by atoms with E-state index in [4.69, 9.17) is 28.9 Å². The standard InChI is InChI=1S/C14H19Cl2N/c15-13-7-6-11(8-14(13)16)12(9-17)10-4-2-1-3-5-10/h6-8,10,12H,1-5,9,17H2. The third-order valence-corrected chi connectivity index (χ3v) is 4.58. The first kappa shape index (κ1) is 13.2. The van der Waals surface area contributed by atoms with Crippen LogP contribution in [0.1, 0.15) is 43.6 Å². The average Bonchev–Trinajstić information content (AvgIpc) is 2.36. The number of halogens is 2. The number of hydrogen-bond donors (Lipinski definition) is 1. The van der Waals surface area contributed by atoms with Gasteiger partial charge in [0, 0.05) is 0 Å². The summed E-state index contributed by atoms with van der Waals surface area (Å²) >= 11 is 12.0. The lowest BCUT2D eigenvalue weighted by atomic mass is 9.77. The van der Waals surface area contributed by atoms with Gasteiger partial charge in [-0.1, -0.05) is 48.5 Å². The Bertz CT molecular complexity index is 372. The quantitative estimate of drug-likeness (QED) is 0.853. The Kier molecular flexibility index (Phi) is 4.72. The molecule has 0 heterocycles.